The summed E-state index contributed by atoms with van der Waals surface area (Å²) in [5.74, 6) is 0.937. The van der Waals surface area contributed by atoms with E-state index in [2.05, 4.69) is 12.1 Å². The van der Waals surface area contributed by atoms with Gasteiger partial charge < -0.3 is 15.8 Å². The van der Waals surface area contributed by atoms with E-state index in [9.17, 15) is 4.79 Å². The van der Waals surface area contributed by atoms with E-state index in [1.54, 1.807) is 0 Å². The molecule has 3 N–H and O–H groups in total. The van der Waals surface area contributed by atoms with Gasteiger partial charge in [-0.2, -0.15) is 0 Å². The zero-order valence-electron chi connectivity index (χ0n) is 13.2. The monoisotopic (exact) mass is 295 g/mol. The van der Waals surface area contributed by atoms with Gasteiger partial charge in [0.25, 0.3) is 0 Å². The molecule has 1 aliphatic heterocycles. The summed E-state index contributed by atoms with van der Waals surface area (Å²) in [6.07, 6.45) is 9.06. The van der Waals surface area contributed by atoms with Crippen molar-refractivity contribution in [1.82, 2.24) is 4.90 Å². The number of carbonyl (C=O) groups excluding carboxylic acids is 1. The van der Waals surface area contributed by atoms with E-state index >= 15 is 0 Å². The van der Waals surface area contributed by atoms with E-state index in [4.69, 9.17) is 10.9 Å². The maximum atomic E-state index is 13.1. The first-order valence-corrected chi connectivity index (χ1v) is 8.41. The van der Waals surface area contributed by atoms with Crippen molar-refractivity contribution in [2.24, 2.45) is 22.2 Å². The van der Waals surface area contributed by atoms with Gasteiger partial charge in [0.2, 0.25) is 5.91 Å². The van der Waals surface area contributed by atoms with Crippen LogP contribution in [0.15, 0.2) is 5.16 Å². The second-order valence-electron chi connectivity index (χ2n) is 6.63. The molecule has 2 fully saturated rings. The number of hydrogen-bond acceptors (Lipinski definition) is 3. The van der Waals surface area contributed by atoms with Gasteiger partial charge in [0.1, 0.15) is 5.41 Å². The van der Waals surface area contributed by atoms with Crippen molar-refractivity contribution in [1.29, 1.82) is 0 Å². The molecular formula is C16H29N3O2. The number of nitrogens with zero attached hydrogens (tertiary/aromatic N) is 2. The molecule has 0 aromatic carbocycles. The SMILES string of the molecule is CCC1CCCN(C(=O)C2(C(N)=NO)CCCCC2)CC1. The summed E-state index contributed by atoms with van der Waals surface area (Å²) in [5.41, 5.74) is 5.18. The van der Waals surface area contributed by atoms with Gasteiger partial charge in [-0.25, -0.2) is 0 Å². The smallest absolute Gasteiger partial charge is 0.236 e. The Labute approximate surface area is 127 Å². The quantitative estimate of drug-likeness (QED) is 0.364. The Bertz CT molecular complexity index is 389. The molecule has 5 nitrogen and oxygen atoms in total. The minimum absolute atomic E-state index is 0.0919. The van der Waals surface area contributed by atoms with E-state index in [-0.39, 0.29) is 11.7 Å². The van der Waals surface area contributed by atoms with Crippen molar-refractivity contribution in [3.8, 4) is 0 Å². The third kappa shape index (κ3) is 3.33. The molecule has 2 aliphatic rings. The highest BCUT2D eigenvalue weighted by atomic mass is 16.4. The van der Waals surface area contributed by atoms with Crippen LogP contribution < -0.4 is 5.73 Å². The van der Waals surface area contributed by atoms with Crippen molar-refractivity contribution in [3.63, 3.8) is 0 Å². The Hall–Kier alpha value is -1.26. The number of amidine groups is 1. The van der Waals surface area contributed by atoms with E-state index in [0.717, 1.165) is 64.0 Å². The van der Waals surface area contributed by atoms with Crippen molar-refractivity contribution in [2.75, 3.05) is 13.1 Å². The lowest BCUT2D eigenvalue weighted by Crippen LogP contribution is -2.52. The third-order valence-corrected chi connectivity index (χ3v) is 5.43. The van der Waals surface area contributed by atoms with Crippen LogP contribution in [0.3, 0.4) is 0 Å². The molecule has 120 valence electrons. The maximum absolute atomic E-state index is 13.1. The van der Waals surface area contributed by atoms with Crippen LogP contribution in [0.1, 0.15) is 64.7 Å². The Morgan fingerprint density at radius 1 is 1.24 bits per heavy atom. The highest BCUT2D eigenvalue weighted by molar-refractivity contribution is 6.06. The van der Waals surface area contributed by atoms with Crippen LogP contribution in [0, 0.1) is 11.3 Å². The molecule has 0 radical (unpaired) electrons. The summed E-state index contributed by atoms with van der Waals surface area (Å²) in [7, 11) is 0. The molecule has 0 spiro atoms. The molecule has 1 heterocycles. The molecule has 0 aromatic heterocycles. The molecule has 2 rings (SSSR count). The summed E-state index contributed by atoms with van der Waals surface area (Å²) < 4.78 is 0. The fraction of sp³-hybridized carbons (Fsp3) is 0.875. The minimum atomic E-state index is -0.751. The van der Waals surface area contributed by atoms with Gasteiger partial charge in [-0.05, 0) is 38.0 Å². The molecule has 1 aliphatic carbocycles. The molecule has 1 atom stereocenters. The first-order chi connectivity index (χ1) is 10.1. The minimum Gasteiger partial charge on any atom is -0.409 e. The second-order valence-corrected chi connectivity index (χ2v) is 6.63. The topological polar surface area (TPSA) is 78.9 Å². The number of hydrogen-bond donors (Lipinski definition) is 2. The average molecular weight is 295 g/mol. The van der Waals surface area contributed by atoms with Gasteiger partial charge in [0.15, 0.2) is 5.84 Å². The van der Waals surface area contributed by atoms with Gasteiger partial charge in [-0.15, -0.1) is 0 Å². The van der Waals surface area contributed by atoms with Crippen LogP contribution in [0.5, 0.6) is 0 Å². The van der Waals surface area contributed by atoms with Crippen LogP contribution >= 0.6 is 0 Å². The predicted octanol–water partition coefficient (Wildman–Crippen LogP) is 2.72. The summed E-state index contributed by atoms with van der Waals surface area (Å²) in [4.78, 5) is 15.0. The van der Waals surface area contributed by atoms with Crippen LogP contribution in [-0.4, -0.2) is 34.9 Å². The summed E-state index contributed by atoms with van der Waals surface area (Å²) >= 11 is 0. The lowest BCUT2D eigenvalue weighted by Gasteiger charge is -2.38. The zero-order chi connectivity index (χ0) is 15.3. The Kier molecular flexibility index (Phi) is 5.48. The number of nitrogens with two attached hydrogens (primary N) is 1. The van der Waals surface area contributed by atoms with Gasteiger partial charge in [0, 0.05) is 13.1 Å². The molecule has 5 heteroatoms. The van der Waals surface area contributed by atoms with E-state index in [1.165, 1.54) is 12.8 Å². The number of likely N-dealkylation sites (tertiary alicyclic amines) is 1. The van der Waals surface area contributed by atoms with E-state index in [0.29, 0.717) is 0 Å². The van der Waals surface area contributed by atoms with Gasteiger partial charge in [0.05, 0.1) is 0 Å². The lowest BCUT2D eigenvalue weighted by atomic mass is 9.72. The molecule has 1 amide bonds. The lowest BCUT2D eigenvalue weighted by molar-refractivity contribution is -0.140. The van der Waals surface area contributed by atoms with Crippen LogP contribution in [0.2, 0.25) is 0 Å². The van der Waals surface area contributed by atoms with E-state index < -0.39 is 5.41 Å². The predicted molar refractivity (Wildman–Crippen MR) is 83.1 cm³/mol. The van der Waals surface area contributed by atoms with Crippen LogP contribution in [0.25, 0.3) is 0 Å². The standard InChI is InChI=1S/C16H29N3O2/c1-2-13-7-6-11-19(12-8-13)15(20)16(14(17)18-21)9-4-3-5-10-16/h13,21H,2-12H2,1H3,(H2,17,18). The van der Waals surface area contributed by atoms with Gasteiger partial charge in [-0.1, -0.05) is 37.8 Å². The fourth-order valence-electron chi connectivity index (χ4n) is 3.91. The first-order valence-electron chi connectivity index (χ1n) is 8.41. The first kappa shape index (κ1) is 16.1. The molecule has 1 saturated carbocycles. The number of amides is 1. The van der Waals surface area contributed by atoms with Crippen molar-refractivity contribution in [2.45, 2.75) is 64.7 Å². The normalized spacial score (nSPS) is 27.2. The highest BCUT2D eigenvalue weighted by Crippen LogP contribution is 2.39. The summed E-state index contributed by atoms with van der Waals surface area (Å²) in [5, 5.41) is 12.3. The Morgan fingerprint density at radius 2 is 1.95 bits per heavy atom. The molecule has 1 saturated heterocycles. The van der Waals surface area contributed by atoms with E-state index in [1.807, 2.05) is 4.90 Å². The van der Waals surface area contributed by atoms with Gasteiger partial charge in [-0.3, -0.25) is 4.79 Å². The van der Waals surface area contributed by atoms with Crippen molar-refractivity contribution in [3.05, 3.63) is 0 Å². The van der Waals surface area contributed by atoms with Crippen LogP contribution in [-0.2, 0) is 4.79 Å². The number of oxime groups is 1. The average Bonchev–Trinajstić information content (AvgIpc) is 2.79. The largest absolute Gasteiger partial charge is 0.409 e. The highest BCUT2D eigenvalue weighted by Gasteiger charge is 2.46. The summed E-state index contributed by atoms with van der Waals surface area (Å²) in [6.45, 7) is 3.86. The van der Waals surface area contributed by atoms with Crippen molar-refractivity contribution < 1.29 is 10.0 Å². The van der Waals surface area contributed by atoms with Crippen molar-refractivity contribution >= 4 is 11.7 Å². The Morgan fingerprint density at radius 3 is 2.57 bits per heavy atom. The Balaban J connectivity index is 2.14. The molecule has 0 bridgehead atoms. The third-order valence-electron chi connectivity index (χ3n) is 5.43. The maximum Gasteiger partial charge on any atom is 0.236 e. The second kappa shape index (κ2) is 7.14. The number of carbonyl (C=O) groups is 1. The fourth-order valence-corrected chi connectivity index (χ4v) is 3.91. The molecule has 21 heavy (non-hydrogen) atoms. The number of rotatable bonds is 3. The molecule has 1 unspecified atom stereocenters. The molecule has 0 aromatic rings. The zero-order valence-corrected chi connectivity index (χ0v) is 13.2. The van der Waals surface area contributed by atoms with Crippen LogP contribution in [0.4, 0.5) is 0 Å². The summed E-state index contributed by atoms with van der Waals surface area (Å²) in [6, 6.07) is 0. The molecular weight excluding hydrogens is 266 g/mol. The van der Waals surface area contributed by atoms with Gasteiger partial charge >= 0.3 is 0 Å².